The Labute approximate surface area is 147 Å². The van der Waals surface area contributed by atoms with Crippen LogP contribution in [0.2, 0.25) is 5.02 Å². The van der Waals surface area contributed by atoms with Crippen LogP contribution in [0.4, 0.5) is 13.2 Å². The highest BCUT2D eigenvalue weighted by Crippen LogP contribution is 2.39. The van der Waals surface area contributed by atoms with Crippen LogP contribution in [-0.4, -0.2) is 29.8 Å². The quantitative estimate of drug-likeness (QED) is 0.807. The molecule has 9 heteroatoms. The second-order valence-corrected chi connectivity index (χ2v) is 5.61. The van der Waals surface area contributed by atoms with Crippen molar-refractivity contribution in [1.29, 1.82) is 0 Å². The van der Waals surface area contributed by atoms with Crippen molar-refractivity contribution in [3.05, 3.63) is 46.6 Å². The van der Waals surface area contributed by atoms with E-state index >= 15 is 0 Å². The van der Waals surface area contributed by atoms with Gasteiger partial charge in [0.2, 0.25) is 5.88 Å². The van der Waals surface area contributed by atoms with Crippen molar-refractivity contribution in [3.63, 3.8) is 0 Å². The Bertz CT molecular complexity index is 741. The number of para-hydroxylation sites is 1. The molecule has 1 unspecified atom stereocenters. The van der Waals surface area contributed by atoms with Gasteiger partial charge >= 0.3 is 6.18 Å². The zero-order valence-corrected chi connectivity index (χ0v) is 13.9. The molecule has 2 aromatic rings. The van der Waals surface area contributed by atoms with Gasteiger partial charge in [-0.05, 0) is 18.6 Å². The van der Waals surface area contributed by atoms with Crippen molar-refractivity contribution < 1.29 is 27.8 Å². The van der Waals surface area contributed by atoms with Crippen LogP contribution in [0, 0.1) is 0 Å². The molecule has 0 amide bonds. The van der Waals surface area contributed by atoms with Crippen molar-refractivity contribution >= 4 is 11.6 Å². The number of aliphatic hydroxyl groups is 1. The van der Waals surface area contributed by atoms with E-state index in [0.717, 1.165) is 6.07 Å². The van der Waals surface area contributed by atoms with Crippen molar-refractivity contribution in [2.75, 3.05) is 13.7 Å². The molecule has 0 aliphatic heterocycles. The van der Waals surface area contributed by atoms with Crippen LogP contribution in [0.5, 0.6) is 17.4 Å². The Hall–Kier alpha value is -2.03. The normalized spacial score (nSPS) is 12.8. The molecule has 1 aromatic heterocycles. The molecule has 0 radical (unpaired) electrons. The van der Waals surface area contributed by atoms with Crippen LogP contribution in [-0.2, 0) is 12.6 Å². The molecule has 1 atom stereocenters. The maximum absolute atomic E-state index is 12.7. The Kier molecular flexibility index (Phi) is 6.10. The summed E-state index contributed by atoms with van der Waals surface area (Å²) in [5.74, 6) is 0.362. The number of hydrogen-bond donors (Lipinski definition) is 2. The second-order valence-electron chi connectivity index (χ2n) is 5.21. The number of hydrogen-bond acceptors (Lipinski definition) is 5. The molecule has 1 aromatic carbocycles. The van der Waals surface area contributed by atoms with Gasteiger partial charge in [0.15, 0.2) is 11.5 Å². The lowest BCUT2D eigenvalue weighted by atomic mass is 10.1. The summed E-state index contributed by atoms with van der Waals surface area (Å²) in [7, 11) is 1.42. The first-order valence-corrected chi connectivity index (χ1v) is 7.57. The number of alkyl halides is 3. The van der Waals surface area contributed by atoms with E-state index in [4.69, 9.17) is 31.9 Å². The zero-order valence-electron chi connectivity index (χ0n) is 13.2. The van der Waals surface area contributed by atoms with Gasteiger partial charge in [0, 0.05) is 17.8 Å². The number of nitrogens with two attached hydrogens (primary N) is 1. The summed E-state index contributed by atoms with van der Waals surface area (Å²) >= 11 is 5.87. The van der Waals surface area contributed by atoms with Crippen LogP contribution >= 0.6 is 11.6 Å². The fourth-order valence-corrected chi connectivity index (χ4v) is 2.30. The average Bonchev–Trinajstić information content (AvgIpc) is 2.56. The SMILES string of the molecule is COc1cccc(CC(N)CO)c1Oc1ncc(C(F)(F)F)cc1Cl. The Morgan fingerprint density at radius 2 is 2.08 bits per heavy atom. The minimum atomic E-state index is -4.56. The molecule has 5 nitrogen and oxygen atoms in total. The van der Waals surface area contributed by atoms with Gasteiger partial charge in [0.25, 0.3) is 0 Å². The third kappa shape index (κ3) is 4.75. The maximum atomic E-state index is 12.7. The molecule has 25 heavy (non-hydrogen) atoms. The number of pyridine rings is 1. The van der Waals surface area contributed by atoms with Crippen LogP contribution < -0.4 is 15.2 Å². The molecular weight excluding hydrogens is 361 g/mol. The highest BCUT2D eigenvalue weighted by molar-refractivity contribution is 6.31. The van der Waals surface area contributed by atoms with Gasteiger partial charge in [-0.2, -0.15) is 13.2 Å². The van der Waals surface area contributed by atoms with Gasteiger partial charge < -0.3 is 20.3 Å². The Balaban J connectivity index is 2.39. The summed E-state index contributed by atoms with van der Waals surface area (Å²) in [6.07, 6.45) is -3.66. The van der Waals surface area contributed by atoms with Crippen molar-refractivity contribution in [1.82, 2.24) is 4.98 Å². The number of rotatable bonds is 6. The number of aromatic nitrogens is 1. The number of aliphatic hydroxyl groups excluding tert-OH is 1. The van der Waals surface area contributed by atoms with Crippen molar-refractivity contribution in [3.8, 4) is 17.4 Å². The molecule has 2 rings (SSSR count). The molecule has 1 heterocycles. The standard InChI is InChI=1S/C16H16ClF3N2O3/c1-24-13-4-2-3-9(5-11(21)8-23)14(13)25-15-12(17)6-10(7-22-15)16(18,19)20/h2-4,6-7,11,23H,5,8,21H2,1H3. The topological polar surface area (TPSA) is 77.6 Å². The zero-order chi connectivity index (χ0) is 18.6. The number of nitrogens with zero attached hydrogens (tertiary/aromatic N) is 1. The van der Waals surface area contributed by atoms with Crippen LogP contribution in [0.1, 0.15) is 11.1 Å². The smallest absolute Gasteiger partial charge is 0.417 e. The maximum Gasteiger partial charge on any atom is 0.417 e. The second kappa shape index (κ2) is 7.90. The molecule has 0 spiro atoms. The van der Waals surface area contributed by atoms with Crippen LogP contribution in [0.15, 0.2) is 30.5 Å². The van der Waals surface area contributed by atoms with Gasteiger partial charge in [-0.25, -0.2) is 4.98 Å². The van der Waals surface area contributed by atoms with Crippen LogP contribution in [0.25, 0.3) is 0 Å². The summed E-state index contributed by atoms with van der Waals surface area (Å²) < 4.78 is 48.9. The van der Waals surface area contributed by atoms with Gasteiger partial charge in [0.05, 0.1) is 19.3 Å². The van der Waals surface area contributed by atoms with Gasteiger partial charge in [0.1, 0.15) is 5.02 Å². The van der Waals surface area contributed by atoms with E-state index in [0.29, 0.717) is 17.5 Å². The van der Waals surface area contributed by atoms with E-state index in [2.05, 4.69) is 4.98 Å². The summed E-state index contributed by atoms with van der Waals surface area (Å²) in [6.45, 7) is -0.240. The molecule has 0 saturated carbocycles. The Morgan fingerprint density at radius 1 is 1.36 bits per heavy atom. The monoisotopic (exact) mass is 376 g/mol. The fourth-order valence-electron chi connectivity index (χ4n) is 2.10. The molecule has 0 saturated heterocycles. The van der Waals surface area contributed by atoms with Crippen molar-refractivity contribution in [2.24, 2.45) is 5.73 Å². The minimum absolute atomic E-state index is 0.196. The number of halogens is 4. The number of methoxy groups -OCH3 is 1. The first-order chi connectivity index (χ1) is 11.8. The van der Waals surface area contributed by atoms with Gasteiger partial charge in [-0.15, -0.1) is 0 Å². The van der Waals surface area contributed by atoms with E-state index < -0.39 is 17.8 Å². The molecule has 0 aliphatic carbocycles. The first kappa shape index (κ1) is 19.3. The lowest BCUT2D eigenvalue weighted by Crippen LogP contribution is -2.27. The van der Waals surface area contributed by atoms with E-state index in [-0.39, 0.29) is 29.7 Å². The summed E-state index contributed by atoms with van der Waals surface area (Å²) in [4.78, 5) is 3.65. The highest BCUT2D eigenvalue weighted by atomic mass is 35.5. The fraction of sp³-hybridized carbons (Fsp3) is 0.312. The van der Waals surface area contributed by atoms with Crippen molar-refractivity contribution in [2.45, 2.75) is 18.6 Å². The highest BCUT2D eigenvalue weighted by Gasteiger charge is 2.32. The number of ether oxygens (including phenoxy) is 2. The van der Waals surface area contributed by atoms with E-state index in [1.165, 1.54) is 7.11 Å². The van der Waals surface area contributed by atoms with Gasteiger partial charge in [-0.1, -0.05) is 23.7 Å². The third-order valence-electron chi connectivity index (χ3n) is 3.33. The average molecular weight is 377 g/mol. The first-order valence-electron chi connectivity index (χ1n) is 7.19. The number of benzene rings is 1. The molecular formula is C16H16ClF3N2O3. The molecule has 3 N–H and O–H groups in total. The summed E-state index contributed by atoms with van der Waals surface area (Å²) in [5.41, 5.74) is 5.36. The summed E-state index contributed by atoms with van der Waals surface area (Å²) in [5, 5.41) is 8.82. The predicted octanol–water partition coefficient (Wildman–Crippen LogP) is 3.42. The van der Waals surface area contributed by atoms with E-state index in [1.54, 1.807) is 18.2 Å². The predicted molar refractivity (Wildman–Crippen MR) is 86.1 cm³/mol. The van der Waals surface area contributed by atoms with Crippen LogP contribution in [0.3, 0.4) is 0 Å². The Morgan fingerprint density at radius 3 is 2.64 bits per heavy atom. The van der Waals surface area contributed by atoms with E-state index in [1.807, 2.05) is 0 Å². The van der Waals surface area contributed by atoms with E-state index in [9.17, 15) is 13.2 Å². The minimum Gasteiger partial charge on any atom is -0.493 e. The molecule has 0 fully saturated rings. The molecule has 136 valence electrons. The molecule has 0 bridgehead atoms. The lowest BCUT2D eigenvalue weighted by Gasteiger charge is -2.17. The molecule has 0 aliphatic rings. The largest absolute Gasteiger partial charge is 0.493 e. The van der Waals surface area contributed by atoms with Gasteiger partial charge in [-0.3, -0.25) is 0 Å². The lowest BCUT2D eigenvalue weighted by molar-refractivity contribution is -0.137. The summed E-state index contributed by atoms with van der Waals surface area (Å²) in [6, 6.07) is 5.21. The third-order valence-corrected chi connectivity index (χ3v) is 3.60.